The monoisotopic (exact) mass is 450 g/mol. The Morgan fingerprint density at radius 3 is 2.31 bits per heavy atom. The lowest BCUT2D eigenvalue weighted by molar-refractivity contribution is -0.137. The van der Waals surface area contributed by atoms with Crippen molar-refractivity contribution in [2.45, 2.75) is 62.9 Å². The van der Waals surface area contributed by atoms with Crippen molar-refractivity contribution in [2.75, 3.05) is 20.2 Å². The van der Waals surface area contributed by atoms with Crippen molar-refractivity contribution < 1.29 is 22.7 Å². The van der Waals surface area contributed by atoms with E-state index in [0.29, 0.717) is 30.5 Å². The van der Waals surface area contributed by atoms with Gasteiger partial charge in [-0.3, -0.25) is 0 Å². The Labute approximate surface area is 185 Å². The molecule has 174 valence electrons. The fourth-order valence-corrected chi connectivity index (χ4v) is 4.59. The van der Waals surface area contributed by atoms with E-state index in [4.69, 9.17) is 4.74 Å². The molecule has 1 saturated carbocycles. The fraction of sp³-hybridized carbons (Fsp3) is 0.565. The van der Waals surface area contributed by atoms with Crippen LogP contribution in [0.3, 0.4) is 0 Å². The average Bonchev–Trinajstić information content (AvgIpc) is 3.29. The van der Waals surface area contributed by atoms with Crippen LogP contribution in [0.2, 0.25) is 0 Å². The Morgan fingerprint density at radius 2 is 1.72 bits per heavy atom. The van der Waals surface area contributed by atoms with Crippen LogP contribution in [0.25, 0.3) is 11.3 Å². The number of imidazole rings is 1. The SMILES string of the molecule is COC1CCC(NC(=O)N2CCC(n3cnc(-c4ccc(C(F)(F)F)cc4)c3)CC2)CC1. The van der Waals surface area contributed by atoms with Crippen LogP contribution >= 0.6 is 0 Å². The minimum absolute atomic E-state index is 0.000362. The van der Waals surface area contributed by atoms with Gasteiger partial charge in [-0.05, 0) is 50.7 Å². The molecule has 1 saturated heterocycles. The highest BCUT2D eigenvalue weighted by molar-refractivity contribution is 5.74. The smallest absolute Gasteiger partial charge is 0.381 e. The predicted molar refractivity (Wildman–Crippen MR) is 114 cm³/mol. The molecule has 1 N–H and O–H groups in total. The second-order valence-corrected chi connectivity index (χ2v) is 8.66. The van der Waals surface area contributed by atoms with Gasteiger partial charge in [0.1, 0.15) is 0 Å². The zero-order chi connectivity index (χ0) is 22.7. The predicted octanol–water partition coefficient (Wildman–Crippen LogP) is 4.87. The second kappa shape index (κ2) is 9.52. The topological polar surface area (TPSA) is 59.4 Å². The highest BCUT2D eigenvalue weighted by Crippen LogP contribution is 2.31. The molecule has 2 aromatic rings. The number of carbonyl (C=O) groups is 1. The molecule has 2 amide bonds. The van der Waals surface area contributed by atoms with E-state index in [2.05, 4.69) is 10.3 Å². The molecule has 0 bridgehead atoms. The molecule has 2 aliphatic rings. The summed E-state index contributed by atoms with van der Waals surface area (Å²) in [5.74, 6) is 0. The quantitative estimate of drug-likeness (QED) is 0.723. The molecule has 0 spiro atoms. The summed E-state index contributed by atoms with van der Waals surface area (Å²) in [6, 6.07) is 5.48. The van der Waals surface area contributed by atoms with E-state index in [1.54, 1.807) is 13.4 Å². The van der Waals surface area contributed by atoms with Crippen molar-refractivity contribution in [3.63, 3.8) is 0 Å². The molecule has 0 atom stereocenters. The summed E-state index contributed by atoms with van der Waals surface area (Å²) in [4.78, 5) is 18.9. The largest absolute Gasteiger partial charge is 0.416 e. The Hall–Kier alpha value is -2.55. The first kappa shape index (κ1) is 22.6. The minimum Gasteiger partial charge on any atom is -0.381 e. The van der Waals surface area contributed by atoms with Gasteiger partial charge in [0.2, 0.25) is 0 Å². The zero-order valence-electron chi connectivity index (χ0n) is 18.1. The third-order valence-electron chi connectivity index (χ3n) is 6.62. The van der Waals surface area contributed by atoms with Crippen LogP contribution in [0, 0.1) is 0 Å². The molecule has 1 aliphatic heterocycles. The number of urea groups is 1. The lowest BCUT2D eigenvalue weighted by atomic mass is 9.93. The van der Waals surface area contributed by atoms with Crippen LogP contribution in [-0.4, -0.2) is 52.8 Å². The number of methoxy groups -OCH3 is 1. The summed E-state index contributed by atoms with van der Waals surface area (Å²) in [6.07, 6.45) is 5.03. The maximum absolute atomic E-state index is 12.8. The highest BCUT2D eigenvalue weighted by Gasteiger charge is 2.30. The number of hydrogen-bond acceptors (Lipinski definition) is 3. The number of nitrogens with zero attached hydrogens (tertiary/aromatic N) is 3. The molecule has 2 fully saturated rings. The number of aromatic nitrogens is 2. The number of carbonyl (C=O) groups excluding carboxylic acids is 1. The Kier molecular flexibility index (Phi) is 6.74. The fourth-order valence-electron chi connectivity index (χ4n) is 4.59. The van der Waals surface area contributed by atoms with Crippen molar-refractivity contribution >= 4 is 6.03 Å². The van der Waals surface area contributed by atoms with Crippen LogP contribution in [0.4, 0.5) is 18.0 Å². The summed E-state index contributed by atoms with van der Waals surface area (Å²) in [5.41, 5.74) is 0.625. The number of rotatable bonds is 4. The number of halogens is 3. The van der Waals surface area contributed by atoms with Gasteiger partial charge in [-0.25, -0.2) is 9.78 Å². The second-order valence-electron chi connectivity index (χ2n) is 8.66. The van der Waals surface area contributed by atoms with Crippen molar-refractivity contribution in [2.24, 2.45) is 0 Å². The molecular formula is C23H29F3N4O2. The number of piperidine rings is 1. The lowest BCUT2D eigenvalue weighted by Crippen LogP contribution is -2.49. The van der Waals surface area contributed by atoms with E-state index in [1.807, 2.05) is 15.7 Å². The first-order chi connectivity index (χ1) is 15.3. The van der Waals surface area contributed by atoms with Gasteiger partial charge < -0.3 is 19.5 Å². The van der Waals surface area contributed by atoms with Crippen LogP contribution in [-0.2, 0) is 10.9 Å². The zero-order valence-corrected chi connectivity index (χ0v) is 18.1. The molecule has 9 heteroatoms. The lowest BCUT2D eigenvalue weighted by Gasteiger charge is -2.35. The molecular weight excluding hydrogens is 421 g/mol. The van der Waals surface area contributed by atoms with Gasteiger partial charge in [-0.15, -0.1) is 0 Å². The highest BCUT2D eigenvalue weighted by atomic mass is 19.4. The number of likely N-dealkylation sites (tertiary alicyclic amines) is 1. The van der Waals surface area contributed by atoms with E-state index < -0.39 is 11.7 Å². The van der Waals surface area contributed by atoms with E-state index in [-0.39, 0.29) is 18.1 Å². The van der Waals surface area contributed by atoms with E-state index in [1.165, 1.54) is 12.1 Å². The summed E-state index contributed by atoms with van der Waals surface area (Å²) < 4.78 is 45.7. The summed E-state index contributed by atoms with van der Waals surface area (Å²) in [5, 5.41) is 3.16. The average molecular weight is 451 g/mol. The third kappa shape index (κ3) is 5.26. The molecule has 6 nitrogen and oxygen atoms in total. The van der Waals surface area contributed by atoms with Crippen molar-refractivity contribution in [3.05, 3.63) is 42.4 Å². The molecule has 1 aliphatic carbocycles. The number of benzene rings is 1. The minimum atomic E-state index is -4.35. The van der Waals surface area contributed by atoms with Gasteiger partial charge in [-0.1, -0.05) is 12.1 Å². The maximum atomic E-state index is 12.8. The number of alkyl halides is 3. The van der Waals surface area contributed by atoms with Gasteiger partial charge >= 0.3 is 12.2 Å². The van der Waals surface area contributed by atoms with Crippen molar-refractivity contribution in [3.8, 4) is 11.3 Å². The summed E-state index contributed by atoms with van der Waals surface area (Å²) in [7, 11) is 1.74. The van der Waals surface area contributed by atoms with Gasteiger partial charge in [0, 0.05) is 44.0 Å². The Bertz CT molecular complexity index is 897. The van der Waals surface area contributed by atoms with Crippen LogP contribution in [0.1, 0.15) is 50.1 Å². The maximum Gasteiger partial charge on any atom is 0.416 e. The third-order valence-corrected chi connectivity index (χ3v) is 6.62. The number of ether oxygens (including phenoxy) is 1. The Morgan fingerprint density at radius 1 is 1.06 bits per heavy atom. The first-order valence-electron chi connectivity index (χ1n) is 11.1. The first-order valence-corrected chi connectivity index (χ1v) is 11.1. The molecule has 1 aromatic heterocycles. The molecule has 32 heavy (non-hydrogen) atoms. The van der Waals surface area contributed by atoms with E-state index >= 15 is 0 Å². The van der Waals surface area contributed by atoms with E-state index in [0.717, 1.165) is 50.7 Å². The molecule has 4 rings (SSSR count). The standard InChI is InChI=1S/C23H29F3N4O2/c1-32-20-8-6-18(7-9-20)28-22(31)29-12-10-19(11-13-29)30-14-21(27-15-30)16-2-4-17(5-3-16)23(24,25)26/h2-5,14-15,18-20H,6-13H2,1H3,(H,28,31). The summed E-state index contributed by atoms with van der Waals surface area (Å²) in [6.45, 7) is 1.33. The Balaban J connectivity index is 1.28. The van der Waals surface area contributed by atoms with Crippen LogP contribution in [0.5, 0.6) is 0 Å². The summed E-state index contributed by atoms with van der Waals surface area (Å²) >= 11 is 0. The van der Waals surface area contributed by atoms with Crippen LogP contribution in [0.15, 0.2) is 36.8 Å². The van der Waals surface area contributed by atoms with Gasteiger partial charge in [0.05, 0.1) is 23.7 Å². The number of hydrogen-bond donors (Lipinski definition) is 1. The van der Waals surface area contributed by atoms with Crippen molar-refractivity contribution in [1.82, 2.24) is 19.8 Å². The van der Waals surface area contributed by atoms with Gasteiger partial charge in [0.25, 0.3) is 0 Å². The van der Waals surface area contributed by atoms with Gasteiger partial charge in [-0.2, -0.15) is 13.2 Å². The van der Waals surface area contributed by atoms with Gasteiger partial charge in [0.15, 0.2) is 0 Å². The van der Waals surface area contributed by atoms with Crippen molar-refractivity contribution in [1.29, 1.82) is 0 Å². The van der Waals surface area contributed by atoms with E-state index in [9.17, 15) is 18.0 Å². The number of amides is 2. The normalized spacial score (nSPS) is 22.7. The molecule has 0 unspecified atom stereocenters. The molecule has 0 radical (unpaired) electrons. The molecule has 1 aromatic carbocycles. The number of nitrogens with one attached hydrogen (secondary N) is 1. The molecule has 2 heterocycles. The van der Waals surface area contributed by atoms with Crippen LogP contribution < -0.4 is 5.32 Å².